The maximum Gasteiger partial charge on any atom is 0.0340 e. The minimum absolute atomic E-state index is 0.583. The molecule has 1 aromatic rings. The van der Waals surface area contributed by atoms with E-state index in [4.69, 9.17) is 0 Å². The van der Waals surface area contributed by atoms with Gasteiger partial charge in [0.25, 0.3) is 0 Å². The van der Waals surface area contributed by atoms with E-state index in [2.05, 4.69) is 46.9 Å². The van der Waals surface area contributed by atoms with Gasteiger partial charge in [0.1, 0.15) is 0 Å². The third kappa shape index (κ3) is 3.31. The van der Waals surface area contributed by atoms with Crippen LogP contribution >= 0.6 is 15.9 Å². The first-order chi connectivity index (χ1) is 6.24. The second-order valence-corrected chi connectivity index (χ2v) is 3.85. The van der Waals surface area contributed by atoms with Crippen molar-refractivity contribution in [3.63, 3.8) is 0 Å². The van der Waals surface area contributed by atoms with Gasteiger partial charge in [0.05, 0.1) is 0 Å². The Hall–Kier alpha value is -0.630. The number of hydrogen-bond acceptors (Lipinski definition) is 1. The zero-order valence-electron chi connectivity index (χ0n) is 8.00. The highest BCUT2D eigenvalue weighted by atomic mass is 79.9. The van der Waals surface area contributed by atoms with Crippen molar-refractivity contribution >= 4 is 22.0 Å². The zero-order valence-corrected chi connectivity index (χ0v) is 9.58. The number of aromatic nitrogens is 1. The maximum absolute atomic E-state index is 4.07. The van der Waals surface area contributed by atoms with Crippen molar-refractivity contribution in [3.8, 4) is 0 Å². The summed E-state index contributed by atoms with van der Waals surface area (Å²) < 4.78 is 0. The summed E-state index contributed by atoms with van der Waals surface area (Å²) in [7, 11) is 0. The Balaban J connectivity index is 2.85. The molecule has 0 aromatic carbocycles. The van der Waals surface area contributed by atoms with Gasteiger partial charge in [-0.1, -0.05) is 47.5 Å². The third-order valence-electron chi connectivity index (χ3n) is 1.93. The second-order valence-electron chi connectivity index (χ2n) is 3.29. The number of pyridine rings is 1. The van der Waals surface area contributed by atoms with Crippen molar-refractivity contribution < 1.29 is 0 Å². The Labute approximate surface area is 88.0 Å². The molecule has 0 bridgehead atoms. The molecule has 0 spiro atoms. The maximum atomic E-state index is 4.07. The largest absolute Gasteiger partial charge is 0.264 e. The van der Waals surface area contributed by atoms with Gasteiger partial charge in [0.2, 0.25) is 0 Å². The summed E-state index contributed by atoms with van der Waals surface area (Å²) >= 11 is 3.49. The van der Waals surface area contributed by atoms with Gasteiger partial charge in [-0.15, -0.1) is 0 Å². The molecule has 1 nitrogen and oxygen atoms in total. The van der Waals surface area contributed by atoms with Crippen molar-refractivity contribution in [3.05, 3.63) is 35.7 Å². The number of hydrogen-bond donors (Lipinski definition) is 0. The lowest BCUT2D eigenvalue weighted by Crippen LogP contribution is -1.94. The minimum atomic E-state index is 0.583. The number of allylic oxidation sites excluding steroid dienone is 1. The summed E-state index contributed by atoms with van der Waals surface area (Å²) in [6, 6.07) is 4.02. The summed E-state index contributed by atoms with van der Waals surface area (Å²) in [6.45, 7) is 4.40. The van der Waals surface area contributed by atoms with Crippen LogP contribution in [0.25, 0.3) is 6.08 Å². The molecule has 0 atom stereocenters. The summed E-state index contributed by atoms with van der Waals surface area (Å²) in [4.78, 5) is 4.07. The third-order valence-corrected chi connectivity index (χ3v) is 2.58. The molecule has 1 aromatic heterocycles. The van der Waals surface area contributed by atoms with Crippen LogP contribution in [0.2, 0.25) is 0 Å². The smallest absolute Gasteiger partial charge is 0.0340 e. The van der Waals surface area contributed by atoms with Crippen molar-refractivity contribution in [1.82, 2.24) is 4.98 Å². The summed E-state index contributed by atoms with van der Waals surface area (Å²) in [5.74, 6) is 0.583. The summed E-state index contributed by atoms with van der Waals surface area (Å²) in [5, 5.41) is 0.930. The van der Waals surface area contributed by atoms with Crippen LogP contribution in [0, 0.1) is 5.92 Å². The first kappa shape index (κ1) is 10.5. The highest BCUT2D eigenvalue weighted by molar-refractivity contribution is 9.09. The van der Waals surface area contributed by atoms with Gasteiger partial charge in [-0.25, -0.2) is 0 Å². The molecule has 0 amide bonds. The molecule has 0 aliphatic carbocycles. The Bertz CT molecular complexity index is 277. The molecular weight excluding hydrogens is 226 g/mol. The Morgan fingerprint density at radius 2 is 2.38 bits per heavy atom. The number of alkyl halides is 1. The van der Waals surface area contributed by atoms with Crippen molar-refractivity contribution in [2.24, 2.45) is 5.92 Å². The number of rotatable bonds is 3. The van der Waals surface area contributed by atoms with E-state index in [-0.39, 0.29) is 0 Å². The van der Waals surface area contributed by atoms with Crippen LogP contribution in [-0.4, -0.2) is 10.3 Å². The average Bonchev–Trinajstić information content (AvgIpc) is 2.15. The average molecular weight is 240 g/mol. The van der Waals surface area contributed by atoms with E-state index in [1.807, 2.05) is 12.3 Å². The van der Waals surface area contributed by atoms with Crippen molar-refractivity contribution in [2.45, 2.75) is 13.8 Å². The lowest BCUT2D eigenvalue weighted by molar-refractivity contribution is 0.781. The fraction of sp³-hybridized carbons (Fsp3) is 0.364. The predicted molar refractivity (Wildman–Crippen MR) is 60.8 cm³/mol. The zero-order chi connectivity index (χ0) is 9.68. The minimum Gasteiger partial charge on any atom is -0.264 e. The molecule has 0 radical (unpaired) electrons. The lowest BCUT2D eigenvalue weighted by atomic mass is 10.0. The second kappa shape index (κ2) is 5.18. The van der Waals surface area contributed by atoms with Gasteiger partial charge in [-0.05, 0) is 17.5 Å². The van der Waals surface area contributed by atoms with Crippen molar-refractivity contribution in [1.29, 1.82) is 0 Å². The van der Waals surface area contributed by atoms with E-state index in [9.17, 15) is 0 Å². The van der Waals surface area contributed by atoms with E-state index in [1.54, 1.807) is 6.20 Å². The topological polar surface area (TPSA) is 12.9 Å². The van der Waals surface area contributed by atoms with Crippen molar-refractivity contribution in [2.75, 3.05) is 5.33 Å². The van der Waals surface area contributed by atoms with E-state index in [0.29, 0.717) is 5.92 Å². The van der Waals surface area contributed by atoms with Gasteiger partial charge >= 0.3 is 0 Å². The van der Waals surface area contributed by atoms with Gasteiger partial charge in [-0.2, -0.15) is 0 Å². The molecule has 0 aliphatic heterocycles. The quantitative estimate of drug-likeness (QED) is 0.736. The molecule has 0 N–H and O–H groups in total. The van der Waals surface area contributed by atoms with Crippen LogP contribution in [0.4, 0.5) is 0 Å². The van der Waals surface area contributed by atoms with Gasteiger partial charge < -0.3 is 0 Å². The van der Waals surface area contributed by atoms with Crippen LogP contribution in [-0.2, 0) is 0 Å². The van der Waals surface area contributed by atoms with E-state index in [1.165, 1.54) is 11.1 Å². The van der Waals surface area contributed by atoms with Gasteiger partial charge in [0.15, 0.2) is 0 Å². The predicted octanol–water partition coefficient (Wildman–Crippen LogP) is 3.52. The molecule has 13 heavy (non-hydrogen) atoms. The molecule has 0 saturated heterocycles. The van der Waals surface area contributed by atoms with E-state index in [0.717, 1.165) is 5.33 Å². The van der Waals surface area contributed by atoms with Gasteiger partial charge in [0, 0.05) is 17.7 Å². The number of nitrogens with zero attached hydrogens (tertiary/aromatic N) is 1. The van der Waals surface area contributed by atoms with Crippen LogP contribution < -0.4 is 0 Å². The summed E-state index contributed by atoms with van der Waals surface area (Å²) in [5.41, 5.74) is 2.57. The molecule has 0 saturated carbocycles. The fourth-order valence-electron chi connectivity index (χ4n) is 1.03. The standard InChI is InChI=1S/C11H14BrN/c1-9(2)11(7-12)6-10-4-3-5-13-8-10/h3-6,8-9H,7H2,1-2H3. The highest BCUT2D eigenvalue weighted by Crippen LogP contribution is 2.15. The number of halogens is 1. The normalized spacial score (nSPS) is 12.2. The van der Waals surface area contributed by atoms with E-state index >= 15 is 0 Å². The molecule has 2 heteroatoms. The SMILES string of the molecule is CC(C)C(=Cc1cccnc1)CBr. The fourth-order valence-corrected chi connectivity index (χ4v) is 1.84. The van der Waals surface area contributed by atoms with Crippen LogP contribution in [0.15, 0.2) is 30.1 Å². The Morgan fingerprint density at radius 3 is 2.85 bits per heavy atom. The Morgan fingerprint density at radius 1 is 1.62 bits per heavy atom. The van der Waals surface area contributed by atoms with Crippen LogP contribution in [0.3, 0.4) is 0 Å². The molecule has 0 unspecified atom stereocenters. The monoisotopic (exact) mass is 239 g/mol. The molecular formula is C11H14BrN. The molecule has 0 aliphatic rings. The highest BCUT2D eigenvalue weighted by Gasteiger charge is 2.00. The summed E-state index contributed by atoms with van der Waals surface area (Å²) in [6.07, 6.45) is 5.86. The van der Waals surface area contributed by atoms with Gasteiger partial charge in [-0.3, -0.25) is 4.98 Å². The molecule has 0 fully saturated rings. The van der Waals surface area contributed by atoms with E-state index < -0.39 is 0 Å². The molecule has 70 valence electrons. The van der Waals surface area contributed by atoms with Crippen LogP contribution in [0.5, 0.6) is 0 Å². The lowest BCUT2D eigenvalue weighted by Gasteiger charge is -2.07. The molecule has 1 rings (SSSR count). The first-order valence-corrected chi connectivity index (χ1v) is 5.52. The van der Waals surface area contributed by atoms with Crippen LogP contribution in [0.1, 0.15) is 19.4 Å². The first-order valence-electron chi connectivity index (χ1n) is 4.40. The Kier molecular flexibility index (Phi) is 4.16. The molecule has 1 heterocycles.